The number of piperidine rings is 2. The van der Waals surface area contributed by atoms with Crippen molar-refractivity contribution in [3.8, 4) is 0 Å². The van der Waals surface area contributed by atoms with E-state index in [0.29, 0.717) is 50.8 Å². The largest absolute Gasteiger partial charge is 0.416 e. The molecule has 3 fully saturated rings. The average molecular weight is 563 g/mol. The summed E-state index contributed by atoms with van der Waals surface area (Å²) in [6.45, 7) is 6.54. The highest BCUT2D eigenvalue weighted by Gasteiger charge is 2.31. The Bertz CT molecular complexity index is 1120. The topological polar surface area (TPSA) is 39.3 Å². The molecular formula is C30H38F4N4O2. The zero-order chi connectivity index (χ0) is 28.1. The maximum Gasteiger partial charge on any atom is 0.416 e. The van der Waals surface area contributed by atoms with Crippen LogP contribution in [0.4, 0.5) is 33.7 Å². The standard InChI is InChI=1S/C30H38F4N4O2/c31-27-20-26(8-9-28(27)36-16-18-40-19-17-36)38(29(39)37-12-2-1-3-13-37)22-24-10-14-35(15-11-24)21-23-4-6-25(7-5-23)30(32,33)34/h4-9,20,24H,1-3,10-19,21-22H2. The number of rotatable bonds is 6. The van der Waals surface area contributed by atoms with E-state index in [4.69, 9.17) is 4.74 Å². The third-order valence-electron chi connectivity index (χ3n) is 8.29. The van der Waals surface area contributed by atoms with Crippen molar-refractivity contribution in [3.05, 3.63) is 59.4 Å². The Kier molecular flexibility index (Phi) is 9.15. The van der Waals surface area contributed by atoms with Crippen LogP contribution in [0.1, 0.15) is 43.2 Å². The highest BCUT2D eigenvalue weighted by Crippen LogP contribution is 2.31. The number of benzene rings is 2. The maximum absolute atomic E-state index is 15.3. The number of nitrogens with zero attached hydrogens (tertiary/aromatic N) is 4. The number of carbonyl (C=O) groups is 1. The normalized spacial score (nSPS) is 19.6. The number of likely N-dealkylation sites (tertiary alicyclic amines) is 2. The van der Waals surface area contributed by atoms with E-state index in [9.17, 15) is 18.0 Å². The molecule has 3 aliphatic heterocycles. The van der Waals surface area contributed by atoms with E-state index in [1.165, 1.54) is 6.07 Å². The number of alkyl halides is 3. The van der Waals surface area contributed by atoms with Crippen LogP contribution in [0.2, 0.25) is 0 Å². The van der Waals surface area contributed by atoms with Gasteiger partial charge in [0.05, 0.1) is 24.5 Å². The summed E-state index contributed by atoms with van der Waals surface area (Å²) in [4.78, 5) is 21.6. The third kappa shape index (κ3) is 7.07. The Morgan fingerprint density at radius 3 is 2.20 bits per heavy atom. The van der Waals surface area contributed by atoms with E-state index in [2.05, 4.69) is 4.90 Å². The van der Waals surface area contributed by atoms with Gasteiger partial charge in [0.1, 0.15) is 5.82 Å². The first-order valence-corrected chi connectivity index (χ1v) is 14.3. The molecule has 0 bridgehead atoms. The van der Waals surface area contributed by atoms with Crippen molar-refractivity contribution in [2.24, 2.45) is 5.92 Å². The fourth-order valence-electron chi connectivity index (χ4n) is 5.92. The molecule has 3 aliphatic rings. The van der Waals surface area contributed by atoms with Gasteiger partial charge in [-0.05, 0) is 87.0 Å². The van der Waals surface area contributed by atoms with Crippen LogP contribution in [0.25, 0.3) is 0 Å². The molecule has 0 spiro atoms. The quantitative estimate of drug-likeness (QED) is 0.405. The predicted octanol–water partition coefficient (Wildman–Crippen LogP) is 6.01. The van der Waals surface area contributed by atoms with Gasteiger partial charge in [-0.2, -0.15) is 13.2 Å². The van der Waals surface area contributed by atoms with Gasteiger partial charge in [0, 0.05) is 45.0 Å². The number of hydrogen-bond acceptors (Lipinski definition) is 4. The second kappa shape index (κ2) is 12.8. The van der Waals surface area contributed by atoms with E-state index in [1.54, 1.807) is 23.1 Å². The number of morpholine rings is 1. The van der Waals surface area contributed by atoms with Crippen LogP contribution in [0.15, 0.2) is 42.5 Å². The van der Waals surface area contributed by atoms with Gasteiger partial charge in [-0.3, -0.25) is 9.80 Å². The van der Waals surface area contributed by atoms with E-state index < -0.39 is 11.7 Å². The molecule has 0 aromatic heterocycles. The smallest absolute Gasteiger partial charge is 0.378 e. The molecule has 0 atom stereocenters. The summed E-state index contributed by atoms with van der Waals surface area (Å²) >= 11 is 0. The summed E-state index contributed by atoms with van der Waals surface area (Å²) in [5.41, 5.74) is 1.33. The maximum atomic E-state index is 15.3. The first-order valence-electron chi connectivity index (χ1n) is 14.3. The van der Waals surface area contributed by atoms with Crippen molar-refractivity contribution in [1.29, 1.82) is 0 Å². The zero-order valence-corrected chi connectivity index (χ0v) is 22.8. The Hall–Kier alpha value is -2.85. The third-order valence-corrected chi connectivity index (χ3v) is 8.29. The Labute approximate surface area is 233 Å². The number of amides is 2. The van der Waals surface area contributed by atoms with Crippen molar-refractivity contribution in [3.63, 3.8) is 0 Å². The van der Waals surface area contributed by atoms with Gasteiger partial charge < -0.3 is 14.5 Å². The summed E-state index contributed by atoms with van der Waals surface area (Å²) in [7, 11) is 0. The van der Waals surface area contributed by atoms with E-state index >= 15 is 4.39 Å². The molecule has 0 saturated carbocycles. The summed E-state index contributed by atoms with van der Waals surface area (Å²) in [5.74, 6) is -0.0817. The minimum absolute atomic E-state index is 0.0644. The van der Waals surface area contributed by atoms with Crippen LogP contribution in [0.3, 0.4) is 0 Å². The number of hydrogen-bond donors (Lipinski definition) is 0. The molecule has 2 aromatic carbocycles. The lowest BCUT2D eigenvalue weighted by Gasteiger charge is -2.38. The van der Waals surface area contributed by atoms with Crippen LogP contribution in [0, 0.1) is 11.7 Å². The molecule has 2 amide bonds. The SMILES string of the molecule is O=C(N1CCCCC1)N(CC1CCN(Cc2ccc(C(F)(F)F)cc2)CC1)c1ccc(N2CCOCC2)c(F)c1. The monoisotopic (exact) mass is 562 g/mol. The fourth-order valence-corrected chi connectivity index (χ4v) is 5.92. The number of ether oxygens (including phenoxy) is 1. The van der Waals surface area contributed by atoms with Gasteiger partial charge >= 0.3 is 12.2 Å². The van der Waals surface area contributed by atoms with Crippen LogP contribution in [-0.2, 0) is 17.5 Å². The molecule has 0 unspecified atom stereocenters. The lowest BCUT2D eigenvalue weighted by molar-refractivity contribution is -0.137. The van der Waals surface area contributed by atoms with E-state index in [0.717, 1.165) is 76.0 Å². The summed E-state index contributed by atoms with van der Waals surface area (Å²) in [6, 6.07) is 10.4. The first kappa shape index (κ1) is 28.7. The lowest BCUT2D eigenvalue weighted by Crippen LogP contribution is -2.48. The van der Waals surface area contributed by atoms with Crippen molar-refractivity contribution in [2.45, 2.75) is 44.8 Å². The molecule has 0 aliphatic carbocycles. The van der Waals surface area contributed by atoms with E-state index in [-0.39, 0.29) is 17.8 Å². The van der Waals surface area contributed by atoms with Crippen LogP contribution in [0.5, 0.6) is 0 Å². The molecule has 5 rings (SSSR count). The molecule has 40 heavy (non-hydrogen) atoms. The van der Waals surface area contributed by atoms with E-state index in [1.807, 2.05) is 15.9 Å². The molecule has 0 N–H and O–H groups in total. The number of urea groups is 1. The van der Waals surface area contributed by atoms with Crippen LogP contribution >= 0.6 is 0 Å². The van der Waals surface area contributed by atoms with Crippen LogP contribution < -0.4 is 9.80 Å². The van der Waals surface area contributed by atoms with Gasteiger partial charge in [0.15, 0.2) is 0 Å². The van der Waals surface area contributed by atoms with Crippen molar-refractivity contribution in [1.82, 2.24) is 9.80 Å². The molecule has 0 radical (unpaired) electrons. The summed E-state index contributed by atoms with van der Waals surface area (Å²) in [5, 5.41) is 0. The minimum Gasteiger partial charge on any atom is -0.378 e. The van der Waals surface area contributed by atoms with Gasteiger partial charge in [-0.15, -0.1) is 0 Å². The molecular weight excluding hydrogens is 524 g/mol. The second-order valence-corrected chi connectivity index (χ2v) is 11.1. The van der Waals surface area contributed by atoms with Gasteiger partial charge in [-0.25, -0.2) is 9.18 Å². The number of carbonyl (C=O) groups excluding carboxylic acids is 1. The lowest BCUT2D eigenvalue weighted by atomic mass is 9.95. The van der Waals surface area contributed by atoms with Gasteiger partial charge in [0.25, 0.3) is 0 Å². The van der Waals surface area contributed by atoms with Gasteiger partial charge in [0.2, 0.25) is 0 Å². The van der Waals surface area contributed by atoms with Gasteiger partial charge in [-0.1, -0.05) is 12.1 Å². The predicted molar refractivity (Wildman–Crippen MR) is 147 cm³/mol. The molecule has 10 heteroatoms. The first-order chi connectivity index (χ1) is 19.3. The summed E-state index contributed by atoms with van der Waals surface area (Å²) in [6.07, 6.45) is 0.459. The average Bonchev–Trinajstić information content (AvgIpc) is 2.97. The number of halogens is 4. The molecule has 6 nitrogen and oxygen atoms in total. The number of anilines is 2. The highest BCUT2D eigenvalue weighted by atomic mass is 19.4. The second-order valence-electron chi connectivity index (χ2n) is 11.1. The molecule has 3 saturated heterocycles. The summed E-state index contributed by atoms with van der Waals surface area (Å²) < 4.78 is 59.4. The van der Waals surface area contributed by atoms with Crippen LogP contribution in [-0.4, -0.2) is 74.9 Å². The fraction of sp³-hybridized carbons (Fsp3) is 0.567. The van der Waals surface area contributed by atoms with Crippen molar-refractivity contribution >= 4 is 17.4 Å². The minimum atomic E-state index is -4.33. The molecule has 218 valence electrons. The van der Waals surface area contributed by atoms with Crippen molar-refractivity contribution in [2.75, 3.05) is 68.8 Å². The molecule has 3 heterocycles. The Morgan fingerprint density at radius 2 is 1.57 bits per heavy atom. The van der Waals surface area contributed by atoms with Crippen molar-refractivity contribution < 1.29 is 27.1 Å². The Morgan fingerprint density at radius 1 is 0.900 bits per heavy atom. The highest BCUT2D eigenvalue weighted by molar-refractivity contribution is 5.92. The zero-order valence-electron chi connectivity index (χ0n) is 22.8. The Balaban J connectivity index is 1.24. The molecule has 2 aromatic rings.